The van der Waals surface area contributed by atoms with E-state index in [1.165, 1.54) is 0 Å². The number of rotatable bonds is 2. The quantitative estimate of drug-likeness (QED) is 0.825. The van der Waals surface area contributed by atoms with Gasteiger partial charge in [-0.15, -0.1) is 0 Å². The Morgan fingerprint density at radius 2 is 2.09 bits per heavy atom. The van der Waals surface area contributed by atoms with Crippen LogP contribution in [-0.4, -0.2) is 24.0 Å². The summed E-state index contributed by atoms with van der Waals surface area (Å²) in [6.45, 7) is 0. The number of halogens is 1. The van der Waals surface area contributed by atoms with E-state index < -0.39 is 20.6 Å². The first-order valence-corrected chi connectivity index (χ1v) is 6.84. The van der Waals surface area contributed by atoms with Crippen molar-refractivity contribution in [1.82, 2.24) is 0 Å². The van der Waals surface area contributed by atoms with E-state index in [2.05, 4.69) is 3.07 Å². The molecule has 0 aliphatic carbocycles. The summed E-state index contributed by atoms with van der Waals surface area (Å²) in [5.41, 5.74) is 0. The molecule has 1 N–H and O–H groups in total. The number of hydrogen-bond acceptors (Lipinski definition) is 2. The van der Waals surface area contributed by atoms with Gasteiger partial charge in [0, 0.05) is 0 Å². The van der Waals surface area contributed by atoms with Crippen molar-refractivity contribution in [3.63, 3.8) is 0 Å². The molecule has 0 spiro atoms. The first-order chi connectivity index (χ1) is 5.20. The molecule has 11 heavy (non-hydrogen) atoms. The average Bonchev–Trinajstić information content (AvgIpc) is 1.93. The summed E-state index contributed by atoms with van der Waals surface area (Å²) in [4.78, 5) is 0. The van der Waals surface area contributed by atoms with E-state index in [9.17, 15) is 3.08 Å². The van der Waals surface area contributed by atoms with Gasteiger partial charge in [-0.25, -0.2) is 0 Å². The van der Waals surface area contributed by atoms with Gasteiger partial charge in [-0.3, -0.25) is 0 Å². The van der Waals surface area contributed by atoms with Crippen LogP contribution < -0.4 is 3.07 Å². The summed E-state index contributed by atoms with van der Waals surface area (Å²) in [7, 11) is 0. The van der Waals surface area contributed by atoms with Crippen molar-refractivity contribution in [3.05, 3.63) is 29.3 Å². The number of hydrogen-bond donors (Lipinski definition) is 1. The predicted octanol–water partition coefficient (Wildman–Crippen LogP) is 1.13. The van der Waals surface area contributed by atoms with E-state index in [-0.39, 0.29) is 5.75 Å². The van der Waals surface area contributed by atoms with E-state index in [0.29, 0.717) is 5.02 Å². The molecule has 0 unspecified atom stereocenters. The Labute approximate surface area is 76.8 Å². The van der Waals surface area contributed by atoms with Crippen LogP contribution in [0.3, 0.4) is 0 Å². The van der Waals surface area contributed by atoms with Crippen molar-refractivity contribution in [2.75, 3.05) is 0 Å². The third-order valence-corrected chi connectivity index (χ3v) is 2.47. The molecule has 0 atom stereocenters. The second kappa shape index (κ2) is 4.04. The molecule has 1 aromatic rings. The molecule has 0 aromatic heterocycles. The van der Waals surface area contributed by atoms with Crippen LogP contribution in [-0.2, 0) is 3.08 Å². The van der Waals surface area contributed by atoms with Gasteiger partial charge in [0.1, 0.15) is 0 Å². The summed E-state index contributed by atoms with van der Waals surface area (Å²) in [6, 6.07) is 6.56. The number of para-hydroxylation sites is 1. The van der Waals surface area contributed by atoms with Gasteiger partial charge in [0.25, 0.3) is 0 Å². The third-order valence-electron chi connectivity index (χ3n) is 1.03. The zero-order valence-corrected chi connectivity index (χ0v) is 9.06. The van der Waals surface area contributed by atoms with E-state index in [0.717, 1.165) is 0 Å². The Morgan fingerprint density at radius 3 is 2.64 bits per heavy atom. The molecule has 0 saturated carbocycles. The molecular formula is C6H5ClO3Sn. The monoisotopic (exact) mass is 280 g/mol. The SMILES string of the molecule is [O]=[Sn]([OH])[O]c1ccccc1Cl. The molecule has 0 aliphatic rings. The van der Waals surface area contributed by atoms with Gasteiger partial charge in [-0.2, -0.15) is 0 Å². The summed E-state index contributed by atoms with van der Waals surface area (Å²) in [6.07, 6.45) is 0. The summed E-state index contributed by atoms with van der Waals surface area (Å²) >= 11 is 1.87. The first kappa shape index (κ1) is 8.96. The Bertz CT molecular complexity index is 276. The van der Waals surface area contributed by atoms with Gasteiger partial charge < -0.3 is 0 Å². The number of benzene rings is 1. The van der Waals surface area contributed by atoms with Gasteiger partial charge in [0.2, 0.25) is 0 Å². The molecule has 0 radical (unpaired) electrons. The fourth-order valence-electron chi connectivity index (χ4n) is 0.622. The van der Waals surface area contributed by atoms with E-state index in [1.807, 2.05) is 0 Å². The summed E-state index contributed by atoms with van der Waals surface area (Å²) in [5.74, 6) is 0.279. The molecule has 1 rings (SSSR count). The van der Waals surface area contributed by atoms with Gasteiger partial charge in [-0.05, 0) is 0 Å². The Kier molecular flexibility index (Phi) is 3.29. The van der Waals surface area contributed by atoms with E-state index >= 15 is 0 Å². The fourth-order valence-corrected chi connectivity index (χ4v) is 2.03. The predicted molar refractivity (Wildman–Crippen MR) is 40.7 cm³/mol. The second-order valence-electron chi connectivity index (χ2n) is 1.80. The topological polar surface area (TPSA) is 46.5 Å². The Balaban J connectivity index is 2.86. The minimum absolute atomic E-state index is 0.279. The van der Waals surface area contributed by atoms with Crippen LogP contribution in [0.1, 0.15) is 0 Å². The molecule has 0 saturated heterocycles. The molecule has 5 heteroatoms. The van der Waals surface area contributed by atoms with Gasteiger partial charge >= 0.3 is 76.8 Å². The van der Waals surface area contributed by atoms with Crippen molar-refractivity contribution in [2.45, 2.75) is 0 Å². The van der Waals surface area contributed by atoms with Crippen molar-refractivity contribution in [1.29, 1.82) is 0 Å². The van der Waals surface area contributed by atoms with Crippen LogP contribution in [0, 0.1) is 0 Å². The van der Waals surface area contributed by atoms with Crippen LogP contribution in [0.5, 0.6) is 5.75 Å². The molecule has 0 bridgehead atoms. The van der Waals surface area contributed by atoms with Gasteiger partial charge in [0.05, 0.1) is 0 Å². The minimum atomic E-state index is -3.75. The maximum atomic E-state index is 10.3. The van der Waals surface area contributed by atoms with Gasteiger partial charge in [-0.1, -0.05) is 0 Å². The summed E-state index contributed by atoms with van der Waals surface area (Å²) in [5, 5.41) is 0.357. The maximum absolute atomic E-state index is 10.3. The first-order valence-electron chi connectivity index (χ1n) is 2.85. The molecule has 0 fully saturated rings. The Morgan fingerprint density at radius 1 is 1.45 bits per heavy atom. The molecule has 3 nitrogen and oxygen atoms in total. The molecule has 0 aliphatic heterocycles. The Hall–Kier alpha value is -0.131. The van der Waals surface area contributed by atoms with Crippen molar-refractivity contribution >= 4 is 32.2 Å². The van der Waals surface area contributed by atoms with E-state index in [1.54, 1.807) is 24.3 Å². The van der Waals surface area contributed by atoms with Crippen molar-refractivity contribution < 1.29 is 9.59 Å². The van der Waals surface area contributed by atoms with Crippen molar-refractivity contribution in [2.24, 2.45) is 0 Å². The molecule has 58 valence electrons. The normalized spacial score (nSPS) is 9.27. The second-order valence-corrected chi connectivity index (χ2v) is 4.31. The fraction of sp³-hybridized carbons (Fsp3) is 0. The van der Waals surface area contributed by atoms with Crippen LogP contribution in [0.15, 0.2) is 24.3 Å². The molecule has 0 amide bonds. The third kappa shape index (κ3) is 2.76. The average molecular weight is 279 g/mol. The zero-order valence-electron chi connectivity index (χ0n) is 5.45. The molecule has 1 aromatic carbocycles. The standard InChI is InChI=1S/C6H5ClO.H2O.O.Sn/c7-5-3-1-2-4-6(5)8;;;/h1-4,8H;1H2;;/q;;;+2/p-2. The zero-order chi connectivity index (χ0) is 8.27. The van der Waals surface area contributed by atoms with E-state index in [4.69, 9.17) is 15.0 Å². The van der Waals surface area contributed by atoms with Crippen LogP contribution >= 0.6 is 11.6 Å². The van der Waals surface area contributed by atoms with Crippen LogP contribution in [0.4, 0.5) is 0 Å². The molecular weight excluding hydrogens is 274 g/mol. The van der Waals surface area contributed by atoms with Crippen LogP contribution in [0.25, 0.3) is 0 Å². The molecule has 0 heterocycles. The van der Waals surface area contributed by atoms with Crippen molar-refractivity contribution in [3.8, 4) is 5.75 Å². The summed E-state index contributed by atoms with van der Waals surface area (Å²) < 4.78 is 23.4. The van der Waals surface area contributed by atoms with Gasteiger partial charge in [0.15, 0.2) is 0 Å². The van der Waals surface area contributed by atoms with Crippen LogP contribution in [0.2, 0.25) is 5.02 Å².